The second-order valence-electron chi connectivity index (χ2n) is 9.40. The van der Waals surface area contributed by atoms with E-state index in [1.165, 1.54) is 5.56 Å². The maximum absolute atomic E-state index is 12.9. The molecular weight excluding hydrogens is 410 g/mol. The fourth-order valence-corrected chi connectivity index (χ4v) is 3.40. The molecule has 178 valence electrons. The van der Waals surface area contributed by atoms with Gasteiger partial charge in [0, 0.05) is 26.2 Å². The lowest BCUT2D eigenvalue weighted by atomic mass is 10.0. The summed E-state index contributed by atoms with van der Waals surface area (Å²) in [4.78, 5) is 40.5. The summed E-state index contributed by atoms with van der Waals surface area (Å²) in [6.07, 6.45) is -0.569. The predicted octanol–water partition coefficient (Wildman–Crippen LogP) is 3.16. The molecule has 1 aromatic carbocycles. The van der Waals surface area contributed by atoms with Gasteiger partial charge in [0.2, 0.25) is 5.91 Å². The Kier molecular flexibility index (Phi) is 8.92. The summed E-state index contributed by atoms with van der Waals surface area (Å²) >= 11 is 0. The van der Waals surface area contributed by atoms with Gasteiger partial charge in [-0.1, -0.05) is 26.0 Å². The lowest BCUT2D eigenvalue weighted by Crippen LogP contribution is -2.45. The molecule has 1 aliphatic heterocycles. The summed E-state index contributed by atoms with van der Waals surface area (Å²) in [5.74, 6) is 0.805. The van der Waals surface area contributed by atoms with Crippen molar-refractivity contribution in [3.05, 3.63) is 29.8 Å². The number of hydrogen-bond acceptors (Lipinski definition) is 5. The van der Waals surface area contributed by atoms with E-state index in [2.05, 4.69) is 19.2 Å². The quantitative estimate of drug-likeness (QED) is 0.724. The zero-order chi connectivity index (χ0) is 23.9. The van der Waals surface area contributed by atoms with Gasteiger partial charge in [0.25, 0.3) is 5.91 Å². The SMILES string of the molecule is CC(Oc1ccc(C(C)C)cc1)C(=O)N1CCCN(C(=O)CNC(=O)OC(C)(C)C)CC1. The molecule has 1 atom stereocenters. The molecule has 8 heteroatoms. The largest absolute Gasteiger partial charge is 0.481 e. The van der Waals surface area contributed by atoms with Crippen molar-refractivity contribution in [3.63, 3.8) is 0 Å². The molecule has 2 rings (SSSR count). The highest BCUT2D eigenvalue weighted by Crippen LogP contribution is 2.20. The van der Waals surface area contributed by atoms with Gasteiger partial charge in [-0.2, -0.15) is 0 Å². The van der Waals surface area contributed by atoms with Gasteiger partial charge in [-0.15, -0.1) is 0 Å². The minimum absolute atomic E-state index is 0.0980. The molecule has 8 nitrogen and oxygen atoms in total. The van der Waals surface area contributed by atoms with Gasteiger partial charge in [-0.05, 0) is 57.7 Å². The van der Waals surface area contributed by atoms with Crippen LogP contribution in [0.15, 0.2) is 24.3 Å². The van der Waals surface area contributed by atoms with Crippen molar-refractivity contribution in [1.82, 2.24) is 15.1 Å². The van der Waals surface area contributed by atoms with Crippen molar-refractivity contribution in [1.29, 1.82) is 0 Å². The Morgan fingerprint density at radius 3 is 2.16 bits per heavy atom. The first-order valence-electron chi connectivity index (χ1n) is 11.3. The first kappa shape index (κ1) is 25.5. The Labute approximate surface area is 191 Å². The lowest BCUT2D eigenvalue weighted by Gasteiger charge is -2.25. The highest BCUT2D eigenvalue weighted by molar-refractivity contribution is 5.83. The van der Waals surface area contributed by atoms with Gasteiger partial charge >= 0.3 is 6.09 Å². The Hall–Kier alpha value is -2.77. The van der Waals surface area contributed by atoms with E-state index in [0.717, 1.165) is 0 Å². The highest BCUT2D eigenvalue weighted by atomic mass is 16.6. The summed E-state index contributed by atoms with van der Waals surface area (Å²) in [6, 6.07) is 7.80. The number of carbonyl (C=O) groups is 3. The Bertz CT molecular complexity index is 786. The number of alkyl carbamates (subject to hydrolysis) is 1. The second kappa shape index (κ2) is 11.2. The fourth-order valence-electron chi connectivity index (χ4n) is 3.40. The lowest BCUT2D eigenvalue weighted by molar-refractivity contribution is -0.138. The van der Waals surface area contributed by atoms with E-state index in [1.807, 2.05) is 24.3 Å². The van der Waals surface area contributed by atoms with Crippen molar-refractivity contribution < 1.29 is 23.9 Å². The van der Waals surface area contributed by atoms with E-state index in [-0.39, 0.29) is 18.4 Å². The average molecular weight is 448 g/mol. The molecule has 1 saturated heterocycles. The van der Waals surface area contributed by atoms with Gasteiger partial charge in [0.15, 0.2) is 6.10 Å². The first-order chi connectivity index (χ1) is 15.0. The zero-order valence-corrected chi connectivity index (χ0v) is 20.1. The topological polar surface area (TPSA) is 88.2 Å². The smallest absolute Gasteiger partial charge is 0.408 e. The Balaban J connectivity index is 1.83. The van der Waals surface area contributed by atoms with Gasteiger partial charge in [0.1, 0.15) is 17.9 Å². The number of benzene rings is 1. The van der Waals surface area contributed by atoms with Crippen LogP contribution in [0.4, 0.5) is 4.79 Å². The number of nitrogens with one attached hydrogen (secondary N) is 1. The van der Waals surface area contributed by atoms with E-state index >= 15 is 0 Å². The average Bonchev–Trinajstić information content (AvgIpc) is 2.97. The second-order valence-corrected chi connectivity index (χ2v) is 9.40. The summed E-state index contributed by atoms with van der Waals surface area (Å²) in [5.41, 5.74) is 0.598. The van der Waals surface area contributed by atoms with E-state index in [4.69, 9.17) is 9.47 Å². The van der Waals surface area contributed by atoms with Crippen LogP contribution < -0.4 is 10.1 Å². The van der Waals surface area contributed by atoms with Crippen LogP contribution in [0, 0.1) is 0 Å². The highest BCUT2D eigenvalue weighted by Gasteiger charge is 2.26. The third kappa shape index (κ3) is 8.05. The molecule has 0 radical (unpaired) electrons. The standard InChI is InChI=1S/C24H37N3O5/c1-17(2)19-8-10-20(11-9-19)31-18(3)22(29)27-13-7-12-26(14-15-27)21(28)16-25-23(30)32-24(4,5)6/h8-11,17-18H,7,12-16H2,1-6H3,(H,25,30). The molecule has 1 heterocycles. The molecule has 0 bridgehead atoms. The molecule has 3 amide bonds. The van der Waals surface area contributed by atoms with Crippen LogP contribution in [0.1, 0.15) is 59.4 Å². The minimum atomic E-state index is -0.620. The number of amides is 3. The molecule has 0 aliphatic carbocycles. The van der Waals surface area contributed by atoms with Gasteiger partial charge in [0.05, 0.1) is 0 Å². The number of hydrogen-bond donors (Lipinski definition) is 1. The molecular formula is C24H37N3O5. The fraction of sp³-hybridized carbons (Fsp3) is 0.625. The maximum Gasteiger partial charge on any atom is 0.408 e. The summed E-state index contributed by atoms with van der Waals surface area (Å²) in [7, 11) is 0. The maximum atomic E-state index is 12.9. The molecule has 0 spiro atoms. The predicted molar refractivity (Wildman–Crippen MR) is 123 cm³/mol. The van der Waals surface area contributed by atoms with E-state index in [1.54, 1.807) is 37.5 Å². The van der Waals surface area contributed by atoms with Gasteiger partial charge < -0.3 is 24.6 Å². The van der Waals surface area contributed by atoms with Crippen LogP contribution in [0.2, 0.25) is 0 Å². The van der Waals surface area contributed by atoms with Gasteiger partial charge in [-0.3, -0.25) is 9.59 Å². The normalized spacial score (nSPS) is 15.7. The minimum Gasteiger partial charge on any atom is -0.481 e. The van der Waals surface area contributed by atoms with Crippen molar-refractivity contribution in [2.45, 2.75) is 65.6 Å². The monoisotopic (exact) mass is 447 g/mol. The summed E-state index contributed by atoms with van der Waals surface area (Å²) in [5, 5.41) is 2.49. The van der Waals surface area contributed by atoms with Crippen LogP contribution in [0.3, 0.4) is 0 Å². The van der Waals surface area contributed by atoms with Crippen LogP contribution in [0.5, 0.6) is 5.75 Å². The van der Waals surface area contributed by atoms with Crippen molar-refractivity contribution in [2.24, 2.45) is 0 Å². The van der Waals surface area contributed by atoms with Crippen LogP contribution in [-0.4, -0.2) is 72.1 Å². The number of rotatable bonds is 6. The summed E-state index contributed by atoms with van der Waals surface area (Å²) < 4.78 is 11.0. The number of nitrogens with zero attached hydrogens (tertiary/aromatic N) is 2. The Morgan fingerprint density at radius 2 is 1.56 bits per heavy atom. The molecule has 1 aromatic rings. The molecule has 0 aromatic heterocycles. The molecule has 1 N–H and O–H groups in total. The van der Waals surface area contributed by atoms with Crippen LogP contribution in [0.25, 0.3) is 0 Å². The van der Waals surface area contributed by atoms with Crippen LogP contribution in [-0.2, 0) is 14.3 Å². The van der Waals surface area contributed by atoms with Crippen molar-refractivity contribution in [3.8, 4) is 5.75 Å². The van der Waals surface area contributed by atoms with Gasteiger partial charge in [-0.25, -0.2) is 4.79 Å². The van der Waals surface area contributed by atoms with Crippen molar-refractivity contribution in [2.75, 3.05) is 32.7 Å². The molecule has 1 unspecified atom stereocenters. The molecule has 0 saturated carbocycles. The van der Waals surface area contributed by atoms with E-state index in [9.17, 15) is 14.4 Å². The molecule has 1 fully saturated rings. The molecule has 32 heavy (non-hydrogen) atoms. The number of ether oxygens (including phenoxy) is 2. The molecule has 1 aliphatic rings. The van der Waals surface area contributed by atoms with E-state index in [0.29, 0.717) is 44.3 Å². The van der Waals surface area contributed by atoms with E-state index < -0.39 is 17.8 Å². The third-order valence-electron chi connectivity index (χ3n) is 5.15. The van der Waals surface area contributed by atoms with Crippen LogP contribution >= 0.6 is 0 Å². The summed E-state index contributed by atoms with van der Waals surface area (Å²) in [6.45, 7) is 13.1. The zero-order valence-electron chi connectivity index (χ0n) is 20.1. The third-order valence-corrected chi connectivity index (χ3v) is 5.15. The first-order valence-corrected chi connectivity index (χ1v) is 11.3. The van der Waals surface area contributed by atoms with Crippen molar-refractivity contribution >= 4 is 17.9 Å². The number of carbonyl (C=O) groups excluding carboxylic acids is 3. The Morgan fingerprint density at radius 1 is 0.969 bits per heavy atom.